The Kier molecular flexibility index (Phi) is 5.25. The van der Waals surface area contributed by atoms with Crippen LogP contribution in [0.4, 0.5) is 0 Å². The summed E-state index contributed by atoms with van der Waals surface area (Å²) in [7, 11) is -1.34. The van der Waals surface area contributed by atoms with Crippen LogP contribution in [0, 0.1) is 5.92 Å². The second kappa shape index (κ2) is 6.80. The van der Waals surface area contributed by atoms with E-state index in [1.54, 1.807) is 10.6 Å². The molecule has 1 aromatic rings. The van der Waals surface area contributed by atoms with Crippen LogP contribution < -0.4 is 5.32 Å². The van der Waals surface area contributed by atoms with Gasteiger partial charge in [-0.05, 0) is 25.0 Å². The number of rotatable bonds is 5. The summed E-state index contributed by atoms with van der Waals surface area (Å²) >= 11 is 0. The van der Waals surface area contributed by atoms with Crippen LogP contribution in [0.15, 0.2) is 18.3 Å². The van der Waals surface area contributed by atoms with E-state index in [0.717, 1.165) is 5.69 Å². The molecule has 0 aliphatic carbocycles. The predicted molar refractivity (Wildman–Crippen MR) is 82.5 cm³/mol. The minimum absolute atomic E-state index is 0.124. The fourth-order valence-electron chi connectivity index (χ4n) is 2.72. The number of carbonyl (C=O) groups excluding carboxylic acids is 1. The molecule has 8 heteroatoms. The van der Waals surface area contributed by atoms with Crippen LogP contribution in [0.3, 0.4) is 0 Å². The zero-order valence-electron chi connectivity index (χ0n) is 12.9. The molecule has 1 aliphatic rings. The molecule has 7 nitrogen and oxygen atoms in total. The molecule has 1 aliphatic heterocycles. The average Bonchev–Trinajstić information content (AvgIpc) is 2.90. The van der Waals surface area contributed by atoms with Gasteiger partial charge in [0, 0.05) is 44.5 Å². The lowest BCUT2D eigenvalue weighted by molar-refractivity contribution is -0.126. The number of nitrogens with one attached hydrogen (secondary N) is 1. The van der Waals surface area contributed by atoms with Crippen LogP contribution in [0.1, 0.15) is 24.6 Å². The lowest BCUT2D eigenvalue weighted by Crippen LogP contribution is -2.43. The third-order valence-corrected chi connectivity index (χ3v) is 5.39. The van der Waals surface area contributed by atoms with E-state index >= 15 is 0 Å². The maximum atomic E-state index is 12.1. The van der Waals surface area contributed by atoms with E-state index < -0.39 is 16.1 Å². The number of piperidine rings is 1. The predicted octanol–water partition coefficient (Wildman–Crippen LogP) is -0.154. The van der Waals surface area contributed by atoms with E-state index in [2.05, 4.69) is 5.32 Å². The number of aromatic nitrogens is 1. The van der Waals surface area contributed by atoms with Crippen molar-refractivity contribution >= 4 is 15.9 Å². The fourth-order valence-corrected chi connectivity index (χ4v) is 3.59. The molecular weight excluding hydrogens is 306 g/mol. The number of sulfonamides is 1. The first-order valence-corrected chi connectivity index (χ1v) is 9.16. The highest BCUT2D eigenvalue weighted by molar-refractivity contribution is 7.88. The Bertz CT molecular complexity index is 618. The van der Waals surface area contributed by atoms with E-state index in [4.69, 9.17) is 0 Å². The number of aliphatic hydroxyl groups excluding tert-OH is 1. The lowest BCUT2D eigenvalue weighted by atomic mass is 9.97. The topological polar surface area (TPSA) is 91.6 Å². The summed E-state index contributed by atoms with van der Waals surface area (Å²) in [5, 5.41) is 12.8. The van der Waals surface area contributed by atoms with Crippen LogP contribution in [-0.4, -0.2) is 54.2 Å². The van der Waals surface area contributed by atoms with Gasteiger partial charge in [-0.3, -0.25) is 4.79 Å². The molecule has 1 aromatic heterocycles. The molecule has 124 valence electrons. The molecule has 2 heterocycles. The molecule has 1 amide bonds. The SMILES string of the molecule is Cn1cccc1[C@H](O)CNC(=O)C1CCN(S(C)(=O)=O)CC1. The molecule has 1 saturated heterocycles. The van der Waals surface area contributed by atoms with Crippen LogP contribution >= 0.6 is 0 Å². The molecule has 2 N–H and O–H groups in total. The first-order valence-electron chi connectivity index (χ1n) is 7.31. The van der Waals surface area contributed by atoms with Crippen molar-refractivity contribution in [2.24, 2.45) is 13.0 Å². The molecular formula is C14H23N3O4S. The maximum Gasteiger partial charge on any atom is 0.223 e. The molecule has 0 unspecified atom stereocenters. The summed E-state index contributed by atoms with van der Waals surface area (Å²) in [6.07, 6.45) is 3.29. The van der Waals surface area contributed by atoms with E-state index in [-0.39, 0.29) is 18.4 Å². The molecule has 1 atom stereocenters. The third-order valence-electron chi connectivity index (χ3n) is 4.09. The van der Waals surface area contributed by atoms with Gasteiger partial charge in [0.25, 0.3) is 0 Å². The number of hydrogen-bond acceptors (Lipinski definition) is 4. The largest absolute Gasteiger partial charge is 0.385 e. The number of carbonyl (C=O) groups is 1. The number of aliphatic hydroxyl groups is 1. The van der Waals surface area contributed by atoms with Gasteiger partial charge in [0.1, 0.15) is 6.10 Å². The van der Waals surface area contributed by atoms with E-state index in [9.17, 15) is 18.3 Å². The molecule has 0 saturated carbocycles. The van der Waals surface area contributed by atoms with Crippen molar-refractivity contribution in [3.05, 3.63) is 24.0 Å². The third kappa shape index (κ3) is 4.08. The van der Waals surface area contributed by atoms with Crippen molar-refractivity contribution in [1.82, 2.24) is 14.2 Å². The maximum absolute atomic E-state index is 12.1. The van der Waals surface area contributed by atoms with Gasteiger partial charge in [-0.25, -0.2) is 12.7 Å². The van der Waals surface area contributed by atoms with Gasteiger partial charge in [-0.15, -0.1) is 0 Å². The summed E-state index contributed by atoms with van der Waals surface area (Å²) in [5.41, 5.74) is 0.743. The second-order valence-electron chi connectivity index (χ2n) is 5.74. The van der Waals surface area contributed by atoms with Gasteiger partial charge in [-0.2, -0.15) is 0 Å². The highest BCUT2D eigenvalue weighted by Crippen LogP contribution is 2.19. The minimum atomic E-state index is -3.18. The molecule has 2 rings (SSSR count). The standard InChI is InChI=1S/C14H23N3O4S/c1-16-7-3-4-12(16)13(18)10-15-14(19)11-5-8-17(9-6-11)22(2,20)21/h3-4,7,11,13,18H,5-6,8-10H2,1-2H3,(H,15,19)/t13-/m1/s1. The van der Waals surface area contributed by atoms with Gasteiger partial charge < -0.3 is 15.0 Å². The van der Waals surface area contributed by atoms with Crippen molar-refractivity contribution in [3.63, 3.8) is 0 Å². The Hall–Kier alpha value is -1.38. The lowest BCUT2D eigenvalue weighted by Gasteiger charge is -2.29. The highest BCUT2D eigenvalue weighted by atomic mass is 32.2. The van der Waals surface area contributed by atoms with Crippen LogP contribution in [0.2, 0.25) is 0 Å². The Morgan fingerprint density at radius 2 is 2.09 bits per heavy atom. The summed E-state index contributed by atoms with van der Waals surface area (Å²) in [5.74, 6) is -0.319. The second-order valence-corrected chi connectivity index (χ2v) is 7.72. The van der Waals surface area contributed by atoms with Gasteiger partial charge in [0.05, 0.1) is 6.26 Å². The molecule has 22 heavy (non-hydrogen) atoms. The summed E-state index contributed by atoms with van der Waals surface area (Å²) in [6.45, 7) is 0.900. The molecule has 0 aromatic carbocycles. The quantitative estimate of drug-likeness (QED) is 0.786. The minimum Gasteiger partial charge on any atom is -0.385 e. The average molecular weight is 329 g/mol. The van der Waals surface area contributed by atoms with Gasteiger partial charge in [-0.1, -0.05) is 0 Å². The first-order chi connectivity index (χ1) is 10.3. The first kappa shape index (κ1) is 17.0. The van der Waals surface area contributed by atoms with Crippen molar-refractivity contribution in [2.75, 3.05) is 25.9 Å². The van der Waals surface area contributed by atoms with E-state index in [1.807, 2.05) is 19.3 Å². The molecule has 1 fully saturated rings. The molecule has 0 bridgehead atoms. The Balaban J connectivity index is 1.80. The number of amides is 1. The van der Waals surface area contributed by atoms with Crippen LogP contribution in [-0.2, 0) is 21.9 Å². The zero-order valence-corrected chi connectivity index (χ0v) is 13.7. The van der Waals surface area contributed by atoms with E-state index in [0.29, 0.717) is 25.9 Å². The van der Waals surface area contributed by atoms with Gasteiger partial charge in [0.15, 0.2) is 0 Å². The van der Waals surface area contributed by atoms with Crippen molar-refractivity contribution in [2.45, 2.75) is 18.9 Å². The number of aryl methyl sites for hydroxylation is 1. The Morgan fingerprint density at radius 1 is 1.45 bits per heavy atom. The van der Waals surface area contributed by atoms with Crippen molar-refractivity contribution in [1.29, 1.82) is 0 Å². The molecule has 0 radical (unpaired) electrons. The van der Waals surface area contributed by atoms with Gasteiger partial charge in [0.2, 0.25) is 15.9 Å². The summed E-state index contributed by atoms with van der Waals surface area (Å²) in [4.78, 5) is 12.1. The highest BCUT2D eigenvalue weighted by Gasteiger charge is 2.29. The summed E-state index contributed by atoms with van der Waals surface area (Å²) < 4.78 is 26.1. The van der Waals surface area contributed by atoms with Gasteiger partial charge >= 0.3 is 0 Å². The van der Waals surface area contributed by atoms with Crippen LogP contribution in [0.25, 0.3) is 0 Å². The Morgan fingerprint density at radius 3 is 2.59 bits per heavy atom. The number of hydrogen-bond donors (Lipinski definition) is 2. The van der Waals surface area contributed by atoms with Crippen molar-refractivity contribution < 1.29 is 18.3 Å². The Labute approximate surface area is 131 Å². The van der Waals surface area contributed by atoms with Crippen molar-refractivity contribution in [3.8, 4) is 0 Å². The monoisotopic (exact) mass is 329 g/mol. The normalized spacial score (nSPS) is 19.0. The fraction of sp³-hybridized carbons (Fsp3) is 0.643. The smallest absolute Gasteiger partial charge is 0.223 e. The molecule has 0 spiro atoms. The van der Waals surface area contributed by atoms with E-state index in [1.165, 1.54) is 10.6 Å². The number of nitrogens with zero attached hydrogens (tertiary/aromatic N) is 2. The zero-order chi connectivity index (χ0) is 16.3. The van der Waals surface area contributed by atoms with Crippen LogP contribution in [0.5, 0.6) is 0 Å². The summed E-state index contributed by atoms with van der Waals surface area (Å²) in [6, 6.07) is 3.64.